The predicted octanol–water partition coefficient (Wildman–Crippen LogP) is 2.28. The molecule has 0 bridgehead atoms. The molecule has 7 nitrogen and oxygen atoms in total. The molecule has 0 aromatic heterocycles. The van der Waals surface area contributed by atoms with E-state index < -0.39 is 22.8 Å². The van der Waals surface area contributed by atoms with Crippen LogP contribution in [0.25, 0.3) is 0 Å². The van der Waals surface area contributed by atoms with E-state index in [-0.39, 0.29) is 21.6 Å². The van der Waals surface area contributed by atoms with E-state index >= 15 is 0 Å². The van der Waals surface area contributed by atoms with Crippen molar-refractivity contribution in [3.63, 3.8) is 0 Å². The average Bonchev–Trinajstić information content (AvgIpc) is 2.43. The second-order valence-electron chi connectivity index (χ2n) is 4.61. The normalized spacial score (nSPS) is 11.9. The molecule has 21 heavy (non-hydrogen) atoms. The molecule has 0 aliphatic heterocycles. The van der Waals surface area contributed by atoms with Crippen LogP contribution in [0, 0.1) is 16.0 Å². The standard InChI is InChI=1S/C13H15BrN2O5/c1-7(2)11(13(18)21-3)15-12(17)8-5-4-6-9(10(8)14)16(19)20/h4-7,11H,1-3H3,(H,15,17)/t11-/m0/s1. The minimum absolute atomic E-state index is 0.0693. The van der Waals surface area contributed by atoms with Gasteiger partial charge < -0.3 is 10.1 Å². The highest BCUT2D eigenvalue weighted by atomic mass is 79.9. The van der Waals surface area contributed by atoms with Crippen LogP contribution in [0.5, 0.6) is 0 Å². The Hall–Kier alpha value is -1.96. The Bertz CT molecular complexity index is 574. The fourth-order valence-electron chi connectivity index (χ4n) is 1.68. The molecule has 1 atom stereocenters. The zero-order valence-electron chi connectivity index (χ0n) is 11.8. The summed E-state index contributed by atoms with van der Waals surface area (Å²) in [5, 5.41) is 13.4. The monoisotopic (exact) mass is 358 g/mol. The summed E-state index contributed by atoms with van der Waals surface area (Å²) in [4.78, 5) is 34.1. The Morgan fingerprint density at radius 2 is 2.00 bits per heavy atom. The van der Waals surface area contributed by atoms with E-state index in [1.807, 2.05) is 0 Å². The molecule has 0 unspecified atom stereocenters. The van der Waals surface area contributed by atoms with Gasteiger partial charge in [-0.3, -0.25) is 14.9 Å². The smallest absolute Gasteiger partial charge is 0.328 e. The number of methoxy groups -OCH3 is 1. The molecule has 0 saturated carbocycles. The average molecular weight is 359 g/mol. The summed E-state index contributed by atoms with van der Waals surface area (Å²) in [5.74, 6) is -1.34. The van der Waals surface area contributed by atoms with Crippen molar-refractivity contribution in [1.29, 1.82) is 0 Å². The lowest BCUT2D eigenvalue weighted by molar-refractivity contribution is -0.385. The summed E-state index contributed by atoms with van der Waals surface area (Å²) >= 11 is 3.04. The molecular formula is C13H15BrN2O5. The van der Waals surface area contributed by atoms with Crippen LogP contribution in [0.2, 0.25) is 0 Å². The SMILES string of the molecule is COC(=O)[C@@H](NC(=O)c1cccc([N+](=O)[O-])c1Br)C(C)C. The molecule has 8 heteroatoms. The molecule has 0 fully saturated rings. The van der Waals surface area contributed by atoms with Crippen molar-refractivity contribution in [1.82, 2.24) is 5.32 Å². The quantitative estimate of drug-likeness (QED) is 0.494. The van der Waals surface area contributed by atoms with Gasteiger partial charge in [0.25, 0.3) is 11.6 Å². The topological polar surface area (TPSA) is 98.5 Å². The zero-order chi connectivity index (χ0) is 16.2. The third-order valence-corrected chi connectivity index (χ3v) is 3.66. The number of esters is 1. The largest absolute Gasteiger partial charge is 0.467 e. The first-order valence-corrected chi connectivity index (χ1v) is 6.90. The molecule has 0 aliphatic rings. The van der Waals surface area contributed by atoms with Crippen molar-refractivity contribution >= 4 is 33.5 Å². The number of hydrogen-bond donors (Lipinski definition) is 1. The first-order chi connectivity index (χ1) is 9.79. The highest BCUT2D eigenvalue weighted by molar-refractivity contribution is 9.10. The molecule has 1 aromatic rings. The maximum atomic E-state index is 12.2. The van der Waals surface area contributed by atoms with Crippen molar-refractivity contribution in [2.24, 2.45) is 5.92 Å². The summed E-state index contributed by atoms with van der Waals surface area (Å²) in [6.07, 6.45) is 0. The number of hydrogen-bond acceptors (Lipinski definition) is 5. The number of nitro benzene ring substituents is 1. The molecule has 1 N–H and O–H groups in total. The van der Waals surface area contributed by atoms with Crippen LogP contribution < -0.4 is 5.32 Å². The summed E-state index contributed by atoms with van der Waals surface area (Å²) in [6.45, 7) is 3.51. The van der Waals surface area contributed by atoms with Crippen LogP contribution in [-0.4, -0.2) is 30.0 Å². The van der Waals surface area contributed by atoms with E-state index in [1.54, 1.807) is 13.8 Å². The van der Waals surface area contributed by atoms with Crippen molar-refractivity contribution in [3.05, 3.63) is 38.3 Å². The predicted molar refractivity (Wildman–Crippen MR) is 78.9 cm³/mol. The summed E-state index contributed by atoms with van der Waals surface area (Å²) < 4.78 is 4.70. The van der Waals surface area contributed by atoms with Crippen molar-refractivity contribution in [3.8, 4) is 0 Å². The van der Waals surface area contributed by atoms with E-state index in [2.05, 4.69) is 26.0 Å². The maximum Gasteiger partial charge on any atom is 0.328 e. The van der Waals surface area contributed by atoms with Gasteiger partial charge in [0.1, 0.15) is 10.5 Å². The number of halogens is 1. The van der Waals surface area contributed by atoms with Crippen LogP contribution in [0.3, 0.4) is 0 Å². The molecule has 1 amide bonds. The number of carbonyl (C=O) groups excluding carboxylic acids is 2. The highest BCUT2D eigenvalue weighted by Crippen LogP contribution is 2.28. The second kappa shape index (κ2) is 7.16. The molecular weight excluding hydrogens is 344 g/mol. The molecule has 0 heterocycles. The maximum absolute atomic E-state index is 12.2. The van der Waals surface area contributed by atoms with Crippen molar-refractivity contribution < 1.29 is 19.2 Å². The summed E-state index contributed by atoms with van der Waals surface area (Å²) in [6, 6.07) is 3.29. The molecule has 114 valence electrons. The van der Waals surface area contributed by atoms with Crippen LogP contribution in [-0.2, 0) is 9.53 Å². The lowest BCUT2D eigenvalue weighted by atomic mass is 10.0. The van der Waals surface area contributed by atoms with Crippen molar-refractivity contribution in [2.75, 3.05) is 7.11 Å². The Balaban J connectivity index is 3.06. The van der Waals surface area contributed by atoms with Gasteiger partial charge in [0.2, 0.25) is 0 Å². The van der Waals surface area contributed by atoms with Crippen LogP contribution in [0.1, 0.15) is 24.2 Å². The van der Waals surface area contributed by atoms with E-state index in [0.717, 1.165) is 0 Å². The number of carbonyl (C=O) groups is 2. The number of ether oxygens (including phenoxy) is 1. The first kappa shape index (κ1) is 17.1. The lowest BCUT2D eigenvalue weighted by Crippen LogP contribution is -2.45. The molecule has 0 aliphatic carbocycles. The van der Waals surface area contributed by atoms with Crippen LogP contribution in [0.4, 0.5) is 5.69 Å². The van der Waals surface area contributed by atoms with Gasteiger partial charge in [-0.25, -0.2) is 4.79 Å². The van der Waals surface area contributed by atoms with Gasteiger partial charge in [-0.05, 0) is 27.9 Å². The summed E-state index contributed by atoms with van der Waals surface area (Å²) in [7, 11) is 1.23. The third-order valence-electron chi connectivity index (χ3n) is 2.83. The van der Waals surface area contributed by atoms with Gasteiger partial charge in [-0.2, -0.15) is 0 Å². The van der Waals surface area contributed by atoms with Gasteiger partial charge >= 0.3 is 5.97 Å². The lowest BCUT2D eigenvalue weighted by Gasteiger charge is -2.20. The summed E-state index contributed by atoms with van der Waals surface area (Å²) in [5.41, 5.74) is -0.138. The molecule has 0 spiro atoms. The highest BCUT2D eigenvalue weighted by Gasteiger charge is 2.27. The Morgan fingerprint density at radius 1 is 1.38 bits per heavy atom. The molecule has 0 saturated heterocycles. The first-order valence-electron chi connectivity index (χ1n) is 6.11. The Labute approximate surface area is 129 Å². The van der Waals surface area contributed by atoms with Gasteiger partial charge in [-0.1, -0.05) is 19.9 Å². The Kier molecular flexibility index (Phi) is 5.83. The van der Waals surface area contributed by atoms with Crippen molar-refractivity contribution in [2.45, 2.75) is 19.9 Å². The number of nitrogens with one attached hydrogen (secondary N) is 1. The third kappa shape index (κ3) is 4.01. The number of rotatable bonds is 5. The molecule has 1 aromatic carbocycles. The van der Waals surface area contributed by atoms with Crippen LogP contribution >= 0.6 is 15.9 Å². The van der Waals surface area contributed by atoms with Gasteiger partial charge in [0, 0.05) is 6.07 Å². The van der Waals surface area contributed by atoms with Gasteiger partial charge in [0.05, 0.1) is 17.6 Å². The van der Waals surface area contributed by atoms with E-state index in [9.17, 15) is 19.7 Å². The van der Waals surface area contributed by atoms with Gasteiger partial charge in [-0.15, -0.1) is 0 Å². The molecule has 0 radical (unpaired) electrons. The minimum atomic E-state index is -0.825. The van der Waals surface area contributed by atoms with E-state index in [4.69, 9.17) is 0 Å². The van der Waals surface area contributed by atoms with E-state index in [1.165, 1.54) is 25.3 Å². The zero-order valence-corrected chi connectivity index (χ0v) is 13.3. The minimum Gasteiger partial charge on any atom is -0.467 e. The van der Waals surface area contributed by atoms with E-state index in [0.29, 0.717) is 0 Å². The molecule has 1 rings (SSSR count). The van der Waals surface area contributed by atoms with Crippen LogP contribution in [0.15, 0.2) is 22.7 Å². The number of nitrogens with zero attached hydrogens (tertiary/aromatic N) is 1. The number of amides is 1. The number of nitro groups is 1. The van der Waals surface area contributed by atoms with Gasteiger partial charge in [0.15, 0.2) is 0 Å². The fourth-order valence-corrected chi connectivity index (χ4v) is 2.27. The number of benzene rings is 1. The fraction of sp³-hybridized carbons (Fsp3) is 0.385. The second-order valence-corrected chi connectivity index (χ2v) is 5.41. The Morgan fingerprint density at radius 3 is 2.48 bits per heavy atom.